The molecule has 110 valence electrons. The van der Waals surface area contributed by atoms with E-state index in [1.165, 1.54) is 12.5 Å². The summed E-state index contributed by atoms with van der Waals surface area (Å²) in [5.74, 6) is -0.268. The molecule has 0 N–H and O–H groups in total. The molecule has 1 aromatic carbocycles. The third-order valence-electron chi connectivity index (χ3n) is 4.63. The minimum Gasteiger partial charge on any atom is -0.369 e. The molecule has 1 aliphatic carbocycles. The van der Waals surface area contributed by atoms with Gasteiger partial charge in [-0.05, 0) is 44.2 Å². The lowest BCUT2D eigenvalue weighted by Crippen LogP contribution is -2.30. The lowest BCUT2D eigenvalue weighted by molar-refractivity contribution is 0.557. The van der Waals surface area contributed by atoms with E-state index in [1.54, 1.807) is 6.07 Å². The highest BCUT2D eigenvalue weighted by Crippen LogP contribution is 2.37. The Labute approximate surface area is 123 Å². The summed E-state index contributed by atoms with van der Waals surface area (Å²) in [5, 5.41) is 0.502. The fourth-order valence-corrected chi connectivity index (χ4v) is 3.33. The predicted molar refractivity (Wildman–Crippen MR) is 82.5 cm³/mol. The smallest absolute Gasteiger partial charge is 0.189 e. The Morgan fingerprint density at radius 1 is 1.10 bits per heavy atom. The fourth-order valence-electron chi connectivity index (χ4n) is 3.33. The number of benzene rings is 1. The van der Waals surface area contributed by atoms with Crippen LogP contribution in [-0.4, -0.2) is 17.7 Å². The summed E-state index contributed by atoms with van der Waals surface area (Å²) in [6.07, 6.45) is 7.60. The van der Waals surface area contributed by atoms with E-state index < -0.39 is 0 Å². The number of nitrogens with zero attached hydrogens (tertiary/aromatic N) is 2. The summed E-state index contributed by atoms with van der Waals surface area (Å²) in [5.41, 5.74) is 1.44. The maximum atomic E-state index is 14.4. The molecule has 1 aromatic heterocycles. The standard InChI is InChI=1S/C17H19FN2O/c18-14-10-13-15(11-16(14)19-7-2-1-3-8-19)20(12-4-5-12)9-6-17(13)21/h6,9-12H,1-5,7-8H2. The summed E-state index contributed by atoms with van der Waals surface area (Å²) in [6.45, 7) is 1.81. The molecule has 2 heterocycles. The molecule has 1 saturated heterocycles. The topological polar surface area (TPSA) is 25.2 Å². The van der Waals surface area contributed by atoms with Crippen LogP contribution in [-0.2, 0) is 0 Å². The summed E-state index contributed by atoms with van der Waals surface area (Å²) >= 11 is 0. The Kier molecular flexibility index (Phi) is 2.98. The second-order valence-electron chi connectivity index (χ2n) is 6.19. The molecule has 3 nitrogen and oxygen atoms in total. The number of halogens is 1. The molecule has 21 heavy (non-hydrogen) atoms. The van der Waals surface area contributed by atoms with Crippen molar-refractivity contribution >= 4 is 16.6 Å². The van der Waals surface area contributed by atoms with Gasteiger partial charge in [-0.3, -0.25) is 4.79 Å². The van der Waals surface area contributed by atoms with Crippen molar-refractivity contribution in [3.05, 3.63) is 40.4 Å². The van der Waals surface area contributed by atoms with E-state index in [0.29, 0.717) is 17.1 Å². The molecule has 2 fully saturated rings. The van der Waals surface area contributed by atoms with E-state index in [2.05, 4.69) is 9.47 Å². The lowest BCUT2D eigenvalue weighted by atomic mass is 10.1. The molecule has 2 aromatic rings. The summed E-state index contributed by atoms with van der Waals surface area (Å²) < 4.78 is 16.6. The minimum absolute atomic E-state index is 0.0917. The van der Waals surface area contributed by atoms with Crippen molar-refractivity contribution in [2.75, 3.05) is 18.0 Å². The van der Waals surface area contributed by atoms with E-state index in [0.717, 1.165) is 44.3 Å². The molecule has 1 aliphatic heterocycles. The molecular weight excluding hydrogens is 267 g/mol. The van der Waals surface area contributed by atoms with Crippen molar-refractivity contribution in [2.45, 2.75) is 38.1 Å². The summed E-state index contributed by atoms with van der Waals surface area (Å²) in [6, 6.07) is 5.35. The highest BCUT2D eigenvalue weighted by Gasteiger charge is 2.25. The molecule has 4 heteroatoms. The molecule has 2 aliphatic rings. The van der Waals surface area contributed by atoms with Crippen molar-refractivity contribution in [3.8, 4) is 0 Å². The van der Waals surface area contributed by atoms with Gasteiger partial charge in [0.25, 0.3) is 0 Å². The molecule has 0 atom stereocenters. The van der Waals surface area contributed by atoms with Crippen LogP contribution in [0.1, 0.15) is 38.1 Å². The van der Waals surface area contributed by atoms with Crippen LogP contribution in [0, 0.1) is 5.82 Å². The number of piperidine rings is 1. The first-order chi connectivity index (χ1) is 10.2. The second-order valence-corrected chi connectivity index (χ2v) is 6.19. The Hall–Kier alpha value is -1.84. The van der Waals surface area contributed by atoms with E-state index in [9.17, 15) is 9.18 Å². The van der Waals surface area contributed by atoms with Gasteiger partial charge in [0.15, 0.2) is 5.43 Å². The largest absolute Gasteiger partial charge is 0.369 e. The normalized spacial score (nSPS) is 19.2. The highest BCUT2D eigenvalue weighted by atomic mass is 19.1. The number of rotatable bonds is 2. The van der Waals surface area contributed by atoms with Gasteiger partial charge in [-0.25, -0.2) is 4.39 Å². The first-order valence-electron chi connectivity index (χ1n) is 7.83. The molecule has 0 amide bonds. The Morgan fingerprint density at radius 2 is 1.86 bits per heavy atom. The zero-order valence-corrected chi connectivity index (χ0v) is 12.0. The second kappa shape index (κ2) is 4.86. The van der Waals surface area contributed by atoms with E-state index >= 15 is 0 Å². The predicted octanol–water partition coefficient (Wildman–Crippen LogP) is 3.47. The molecule has 0 radical (unpaired) electrons. The van der Waals surface area contributed by atoms with Crippen LogP contribution >= 0.6 is 0 Å². The van der Waals surface area contributed by atoms with Crippen LogP contribution < -0.4 is 10.3 Å². The first-order valence-corrected chi connectivity index (χ1v) is 7.83. The van der Waals surface area contributed by atoms with E-state index in [4.69, 9.17) is 0 Å². The monoisotopic (exact) mass is 286 g/mol. The quantitative estimate of drug-likeness (QED) is 0.844. The summed E-state index contributed by atoms with van der Waals surface area (Å²) in [7, 11) is 0. The molecule has 4 rings (SSSR count). The third kappa shape index (κ3) is 2.23. The van der Waals surface area contributed by atoms with Gasteiger partial charge in [0.1, 0.15) is 5.82 Å². The Bertz CT molecular complexity index is 742. The maximum absolute atomic E-state index is 14.4. The number of fused-ring (bicyclic) bond motifs is 1. The van der Waals surface area contributed by atoms with Crippen LogP contribution in [0.2, 0.25) is 0 Å². The van der Waals surface area contributed by atoms with Crippen molar-refractivity contribution < 1.29 is 4.39 Å². The number of hydrogen-bond donors (Lipinski definition) is 0. The summed E-state index contributed by atoms with van der Waals surface area (Å²) in [4.78, 5) is 14.1. The van der Waals surface area contributed by atoms with Crippen LogP contribution in [0.25, 0.3) is 10.9 Å². The average Bonchev–Trinajstić information content (AvgIpc) is 3.33. The number of aromatic nitrogens is 1. The van der Waals surface area contributed by atoms with Gasteiger partial charge in [-0.1, -0.05) is 0 Å². The first kappa shape index (κ1) is 12.9. The van der Waals surface area contributed by atoms with Crippen LogP contribution in [0.5, 0.6) is 0 Å². The van der Waals surface area contributed by atoms with Gasteiger partial charge in [0, 0.05) is 36.8 Å². The van der Waals surface area contributed by atoms with Gasteiger partial charge >= 0.3 is 0 Å². The van der Waals surface area contributed by atoms with Crippen LogP contribution in [0.3, 0.4) is 0 Å². The Morgan fingerprint density at radius 3 is 2.57 bits per heavy atom. The molecular formula is C17H19FN2O. The zero-order valence-electron chi connectivity index (χ0n) is 12.0. The van der Waals surface area contributed by atoms with Crippen molar-refractivity contribution in [1.82, 2.24) is 4.57 Å². The van der Waals surface area contributed by atoms with Crippen LogP contribution in [0.15, 0.2) is 29.2 Å². The minimum atomic E-state index is -0.268. The van der Waals surface area contributed by atoms with Gasteiger partial charge in [0.2, 0.25) is 0 Å². The molecule has 1 saturated carbocycles. The van der Waals surface area contributed by atoms with Gasteiger partial charge < -0.3 is 9.47 Å². The van der Waals surface area contributed by atoms with E-state index in [-0.39, 0.29) is 11.2 Å². The lowest BCUT2D eigenvalue weighted by Gasteiger charge is -2.29. The van der Waals surface area contributed by atoms with Crippen molar-refractivity contribution in [3.63, 3.8) is 0 Å². The third-order valence-corrected chi connectivity index (χ3v) is 4.63. The van der Waals surface area contributed by atoms with Gasteiger partial charge in [-0.2, -0.15) is 0 Å². The number of anilines is 1. The number of pyridine rings is 1. The van der Waals surface area contributed by atoms with Crippen molar-refractivity contribution in [1.29, 1.82) is 0 Å². The average molecular weight is 286 g/mol. The Balaban J connectivity index is 1.90. The van der Waals surface area contributed by atoms with Gasteiger partial charge in [-0.15, -0.1) is 0 Å². The van der Waals surface area contributed by atoms with E-state index in [1.807, 2.05) is 12.3 Å². The highest BCUT2D eigenvalue weighted by molar-refractivity contribution is 5.83. The molecule has 0 bridgehead atoms. The van der Waals surface area contributed by atoms with Crippen LogP contribution in [0.4, 0.5) is 10.1 Å². The molecule has 0 spiro atoms. The van der Waals surface area contributed by atoms with Crippen molar-refractivity contribution in [2.24, 2.45) is 0 Å². The zero-order chi connectivity index (χ0) is 14.4. The fraction of sp³-hybridized carbons (Fsp3) is 0.471. The van der Waals surface area contributed by atoms with Gasteiger partial charge in [0.05, 0.1) is 11.2 Å². The molecule has 0 unspecified atom stereocenters. The SMILES string of the molecule is O=c1ccn(C2CC2)c2cc(N3CCCCC3)c(F)cc12. The number of hydrogen-bond acceptors (Lipinski definition) is 2. The maximum Gasteiger partial charge on any atom is 0.189 e.